The van der Waals surface area contributed by atoms with Crippen molar-refractivity contribution < 1.29 is 5.11 Å². The number of aliphatic hydroxyl groups excluding tert-OH is 1. The lowest BCUT2D eigenvalue weighted by atomic mass is 9.89. The van der Waals surface area contributed by atoms with Crippen molar-refractivity contribution in [2.75, 3.05) is 0 Å². The zero-order valence-corrected chi connectivity index (χ0v) is 10.8. The summed E-state index contributed by atoms with van der Waals surface area (Å²) in [6.07, 6.45) is 11.9. The molecule has 1 aromatic heterocycles. The lowest BCUT2D eigenvalue weighted by Gasteiger charge is -2.21. The molecule has 18 heavy (non-hydrogen) atoms. The Balaban J connectivity index is 1.70. The number of rotatable bonds is 3. The van der Waals surface area contributed by atoms with Crippen LogP contribution in [0.3, 0.4) is 0 Å². The molecule has 1 aromatic rings. The first kappa shape index (κ1) is 11.9. The smallest absolute Gasteiger partial charge is 0.0661 e. The van der Waals surface area contributed by atoms with E-state index in [2.05, 4.69) is 17.1 Å². The quantitative estimate of drug-likeness (QED) is 0.826. The number of nitrogens with zero attached hydrogens (tertiary/aromatic N) is 1. The summed E-state index contributed by atoms with van der Waals surface area (Å²) < 4.78 is 0. The molecule has 0 saturated carbocycles. The molecule has 0 radical (unpaired) electrons. The molecule has 2 unspecified atom stereocenters. The Hall–Kier alpha value is -1.15. The van der Waals surface area contributed by atoms with Crippen LogP contribution in [0.25, 0.3) is 0 Å². The van der Waals surface area contributed by atoms with Gasteiger partial charge in [0.1, 0.15) is 0 Å². The maximum absolute atomic E-state index is 10.5. The Bertz CT molecular complexity index is 452. The molecule has 2 aliphatic rings. The summed E-state index contributed by atoms with van der Waals surface area (Å²) in [5, 5.41) is 10.5. The van der Waals surface area contributed by atoms with Crippen LogP contribution < -0.4 is 0 Å². The molecule has 1 N–H and O–H groups in total. The van der Waals surface area contributed by atoms with Crippen LogP contribution in [0.2, 0.25) is 0 Å². The fourth-order valence-electron chi connectivity index (χ4n) is 3.32. The van der Waals surface area contributed by atoms with Gasteiger partial charge >= 0.3 is 0 Å². The predicted octanol–water partition coefficient (Wildman–Crippen LogP) is 3.36. The second-order valence-electron chi connectivity index (χ2n) is 5.57. The summed E-state index contributed by atoms with van der Waals surface area (Å²) in [6, 6.07) is 4.15. The Morgan fingerprint density at radius 2 is 2.28 bits per heavy atom. The Morgan fingerprint density at radius 1 is 1.33 bits per heavy atom. The lowest BCUT2D eigenvalue weighted by Crippen LogP contribution is -2.18. The fraction of sp³-hybridized carbons (Fsp3) is 0.562. The number of allylic oxidation sites excluding steroid dienone is 1. The highest BCUT2D eigenvalue weighted by Gasteiger charge is 2.30. The molecule has 0 aromatic carbocycles. The summed E-state index contributed by atoms with van der Waals surface area (Å²) >= 11 is 0. The van der Waals surface area contributed by atoms with Crippen LogP contribution in [0.15, 0.2) is 30.0 Å². The van der Waals surface area contributed by atoms with Crippen LogP contribution in [0, 0.1) is 0 Å². The van der Waals surface area contributed by atoms with Gasteiger partial charge in [0.25, 0.3) is 0 Å². The van der Waals surface area contributed by atoms with Crippen molar-refractivity contribution in [2.24, 2.45) is 0 Å². The molecular formula is C16H21NO. The monoisotopic (exact) mass is 243 g/mol. The Labute approximate surface area is 109 Å². The number of aliphatic hydroxyl groups is 1. The van der Waals surface area contributed by atoms with Gasteiger partial charge in [-0.05, 0) is 56.6 Å². The average molecular weight is 243 g/mol. The van der Waals surface area contributed by atoms with E-state index >= 15 is 0 Å². The fourth-order valence-corrected chi connectivity index (χ4v) is 3.32. The average Bonchev–Trinajstić information content (AvgIpc) is 2.84. The first-order chi connectivity index (χ1) is 8.84. The predicted molar refractivity (Wildman–Crippen MR) is 72.5 cm³/mol. The van der Waals surface area contributed by atoms with Crippen LogP contribution in [-0.4, -0.2) is 16.2 Å². The van der Waals surface area contributed by atoms with Gasteiger partial charge in [-0.25, -0.2) is 0 Å². The van der Waals surface area contributed by atoms with E-state index in [1.807, 2.05) is 12.3 Å². The van der Waals surface area contributed by atoms with Gasteiger partial charge in [-0.1, -0.05) is 17.7 Å². The molecule has 2 aliphatic carbocycles. The van der Waals surface area contributed by atoms with E-state index in [1.165, 1.54) is 36.8 Å². The third kappa shape index (κ3) is 2.35. The van der Waals surface area contributed by atoms with Gasteiger partial charge in [0.2, 0.25) is 0 Å². The second-order valence-corrected chi connectivity index (χ2v) is 5.57. The number of aryl methyl sites for hydroxylation is 1. The van der Waals surface area contributed by atoms with Gasteiger partial charge in [-0.15, -0.1) is 0 Å². The normalized spacial score (nSPS) is 24.5. The highest BCUT2D eigenvalue weighted by Crippen LogP contribution is 2.36. The van der Waals surface area contributed by atoms with E-state index in [0.29, 0.717) is 0 Å². The van der Waals surface area contributed by atoms with Gasteiger partial charge in [0.15, 0.2) is 0 Å². The molecule has 0 aliphatic heterocycles. The van der Waals surface area contributed by atoms with Crippen molar-refractivity contribution in [1.82, 2.24) is 4.98 Å². The van der Waals surface area contributed by atoms with Gasteiger partial charge in [-0.3, -0.25) is 4.98 Å². The van der Waals surface area contributed by atoms with E-state index in [4.69, 9.17) is 0 Å². The van der Waals surface area contributed by atoms with Crippen LogP contribution >= 0.6 is 0 Å². The molecule has 0 saturated heterocycles. The van der Waals surface area contributed by atoms with Crippen LogP contribution in [-0.2, 0) is 6.42 Å². The molecule has 2 nitrogen and oxygen atoms in total. The molecule has 0 spiro atoms. The van der Waals surface area contributed by atoms with Gasteiger partial charge < -0.3 is 5.11 Å². The van der Waals surface area contributed by atoms with Crippen LogP contribution in [0.4, 0.5) is 0 Å². The summed E-state index contributed by atoms with van der Waals surface area (Å²) in [6.45, 7) is 0. The van der Waals surface area contributed by atoms with Crippen molar-refractivity contribution in [3.05, 3.63) is 41.2 Å². The summed E-state index contributed by atoms with van der Waals surface area (Å²) in [5.41, 5.74) is 3.93. The van der Waals surface area contributed by atoms with Crippen LogP contribution in [0.1, 0.15) is 55.7 Å². The van der Waals surface area contributed by atoms with E-state index in [0.717, 1.165) is 25.0 Å². The minimum absolute atomic E-state index is 0.245. The largest absolute Gasteiger partial charge is 0.392 e. The third-order valence-electron chi connectivity index (χ3n) is 4.32. The maximum Gasteiger partial charge on any atom is 0.0661 e. The second kappa shape index (κ2) is 5.23. The summed E-state index contributed by atoms with van der Waals surface area (Å²) in [4.78, 5) is 4.48. The lowest BCUT2D eigenvalue weighted by molar-refractivity contribution is 0.140. The van der Waals surface area contributed by atoms with Crippen molar-refractivity contribution in [1.29, 1.82) is 0 Å². The Morgan fingerprint density at radius 3 is 3.11 bits per heavy atom. The third-order valence-corrected chi connectivity index (χ3v) is 4.32. The number of hydrogen-bond acceptors (Lipinski definition) is 2. The summed E-state index contributed by atoms with van der Waals surface area (Å²) in [5.74, 6) is 0.254. The van der Waals surface area contributed by atoms with E-state index in [-0.39, 0.29) is 12.0 Å². The summed E-state index contributed by atoms with van der Waals surface area (Å²) in [7, 11) is 0. The maximum atomic E-state index is 10.5. The van der Waals surface area contributed by atoms with E-state index in [9.17, 15) is 5.11 Å². The highest BCUT2D eigenvalue weighted by atomic mass is 16.3. The minimum atomic E-state index is -0.245. The van der Waals surface area contributed by atoms with Crippen LogP contribution in [0.5, 0.6) is 0 Å². The number of aromatic nitrogens is 1. The van der Waals surface area contributed by atoms with E-state index < -0.39 is 0 Å². The standard InChI is InChI=1S/C16H21NO/c18-15(11-12-5-2-1-3-6-12)14-9-8-13-7-4-10-17-16(13)14/h4-5,7,10,14-15,18H,1-3,6,8-9,11H2. The molecule has 3 rings (SSSR count). The van der Waals surface area contributed by atoms with Crippen molar-refractivity contribution in [3.8, 4) is 0 Å². The van der Waals surface area contributed by atoms with Gasteiger partial charge in [0.05, 0.1) is 6.10 Å². The number of pyridine rings is 1. The molecule has 1 heterocycles. The first-order valence-corrected chi connectivity index (χ1v) is 7.14. The molecule has 96 valence electrons. The van der Waals surface area contributed by atoms with Gasteiger partial charge in [0, 0.05) is 17.8 Å². The molecule has 0 amide bonds. The van der Waals surface area contributed by atoms with E-state index in [1.54, 1.807) is 0 Å². The zero-order chi connectivity index (χ0) is 12.4. The Kier molecular flexibility index (Phi) is 3.46. The zero-order valence-electron chi connectivity index (χ0n) is 10.8. The molecule has 2 heteroatoms. The van der Waals surface area contributed by atoms with Crippen molar-refractivity contribution in [3.63, 3.8) is 0 Å². The number of fused-ring (bicyclic) bond motifs is 1. The highest BCUT2D eigenvalue weighted by molar-refractivity contribution is 5.30. The molecule has 0 bridgehead atoms. The number of hydrogen-bond donors (Lipinski definition) is 1. The van der Waals surface area contributed by atoms with Crippen molar-refractivity contribution >= 4 is 0 Å². The minimum Gasteiger partial charge on any atom is -0.392 e. The molecular weight excluding hydrogens is 222 g/mol. The van der Waals surface area contributed by atoms with Gasteiger partial charge in [-0.2, -0.15) is 0 Å². The van der Waals surface area contributed by atoms with Crippen molar-refractivity contribution in [2.45, 2.75) is 57.0 Å². The SMILES string of the molecule is OC(CC1=CCCCC1)C1CCc2cccnc21. The molecule has 2 atom stereocenters. The molecule has 0 fully saturated rings. The topological polar surface area (TPSA) is 33.1 Å². The first-order valence-electron chi connectivity index (χ1n) is 7.14.